The molecule has 0 spiro atoms. The molecule has 194 valence electrons. The molecule has 0 aromatic heterocycles. The van der Waals surface area contributed by atoms with Crippen molar-refractivity contribution in [1.82, 2.24) is 0 Å². The number of rotatable bonds is 12. The third kappa shape index (κ3) is 6.93. The maximum Gasteiger partial charge on any atom is 0.312 e. The van der Waals surface area contributed by atoms with Gasteiger partial charge in [0, 0.05) is 0 Å². The Bertz CT molecular complexity index is 726. The SMILES string of the molecule is CC1CCC1(C(=O)OCCOC(=O)CCOCCOC(=O)C1CCCCC1C(=O)O)C(C)(C)C. The van der Waals surface area contributed by atoms with Crippen molar-refractivity contribution < 1.29 is 43.2 Å². The lowest BCUT2D eigenvalue weighted by molar-refractivity contribution is -0.184. The first-order valence-electron chi connectivity index (χ1n) is 12.3. The number of aliphatic carboxylic acids is 1. The second-order valence-electron chi connectivity index (χ2n) is 10.4. The van der Waals surface area contributed by atoms with Crippen LogP contribution >= 0.6 is 0 Å². The smallest absolute Gasteiger partial charge is 0.312 e. The normalized spacial score (nSPS) is 26.8. The molecule has 0 heterocycles. The number of hydrogen-bond donors (Lipinski definition) is 1. The summed E-state index contributed by atoms with van der Waals surface area (Å²) in [5.41, 5.74) is -0.682. The van der Waals surface area contributed by atoms with Gasteiger partial charge in [-0.1, -0.05) is 40.5 Å². The van der Waals surface area contributed by atoms with Crippen LogP contribution in [0.1, 0.15) is 72.6 Å². The zero-order valence-electron chi connectivity index (χ0n) is 20.9. The number of carboxylic acids is 1. The Balaban J connectivity index is 1.54. The molecule has 2 fully saturated rings. The topological polar surface area (TPSA) is 125 Å². The summed E-state index contributed by atoms with van der Waals surface area (Å²) in [7, 11) is 0. The van der Waals surface area contributed by atoms with Gasteiger partial charge in [0.25, 0.3) is 0 Å². The summed E-state index contributed by atoms with van der Waals surface area (Å²) in [6, 6.07) is 0. The molecule has 2 aliphatic carbocycles. The van der Waals surface area contributed by atoms with Crippen molar-refractivity contribution >= 4 is 23.9 Å². The van der Waals surface area contributed by atoms with E-state index in [1.807, 2.05) is 20.8 Å². The fourth-order valence-electron chi connectivity index (χ4n) is 5.21. The quantitative estimate of drug-likeness (QED) is 0.252. The van der Waals surface area contributed by atoms with Crippen LogP contribution in [0.2, 0.25) is 0 Å². The molecule has 0 saturated heterocycles. The molecule has 0 aromatic rings. The van der Waals surface area contributed by atoms with Crippen molar-refractivity contribution in [1.29, 1.82) is 0 Å². The maximum atomic E-state index is 12.7. The van der Waals surface area contributed by atoms with Crippen LogP contribution in [0.4, 0.5) is 0 Å². The average molecular weight is 485 g/mol. The number of hydrogen-bond acceptors (Lipinski definition) is 8. The first kappa shape index (κ1) is 28.1. The lowest BCUT2D eigenvalue weighted by Gasteiger charge is -2.54. The second kappa shape index (κ2) is 12.5. The van der Waals surface area contributed by atoms with Crippen LogP contribution in [0.25, 0.3) is 0 Å². The molecule has 2 saturated carbocycles. The Hall–Kier alpha value is -2.16. The summed E-state index contributed by atoms with van der Waals surface area (Å²) in [4.78, 5) is 47.9. The summed E-state index contributed by atoms with van der Waals surface area (Å²) in [6.45, 7) is 8.43. The molecule has 0 aliphatic heterocycles. The fraction of sp³-hybridized carbons (Fsp3) is 0.840. The number of esters is 3. The van der Waals surface area contributed by atoms with Crippen LogP contribution in [0, 0.1) is 28.6 Å². The first-order valence-corrected chi connectivity index (χ1v) is 12.3. The van der Waals surface area contributed by atoms with E-state index in [0.717, 1.165) is 25.7 Å². The van der Waals surface area contributed by atoms with Crippen molar-refractivity contribution in [3.8, 4) is 0 Å². The number of carbonyl (C=O) groups is 4. The van der Waals surface area contributed by atoms with Gasteiger partial charge in [-0.2, -0.15) is 0 Å². The minimum absolute atomic E-state index is 0.000616. The molecule has 9 nitrogen and oxygen atoms in total. The largest absolute Gasteiger partial charge is 0.481 e. The zero-order chi connectivity index (χ0) is 25.4. The minimum Gasteiger partial charge on any atom is -0.481 e. The van der Waals surface area contributed by atoms with Crippen LogP contribution in [-0.4, -0.2) is 62.0 Å². The van der Waals surface area contributed by atoms with Crippen molar-refractivity contribution in [3.63, 3.8) is 0 Å². The maximum absolute atomic E-state index is 12.7. The van der Waals surface area contributed by atoms with E-state index >= 15 is 0 Å². The lowest BCUT2D eigenvalue weighted by atomic mass is 9.49. The first-order chi connectivity index (χ1) is 16.0. The van der Waals surface area contributed by atoms with Gasteiger partial charge in [-0.3, -0.25) is 19.2 Å². The van der Waals surface area contributed by atoms with E-state index in [2.05, 4.69) is 6.92 Å². The van der Waals surface area contributed by atoms with Gasteiger partial charge >= 0.3 is 23.9 Å². The van der Waals surface area contributed by atoms with Crippen LogP contribution in [0.15, 0.2) is 0 Å². The summed E-state index contributed by atoms with van der Waals surface area (Å²) < 4.78 is 21.0. The van der Waals surface area contributed by atoms with E-state index in [4.69, 9.17) is 18.9 Å². The average Bonchev–Trinajstić information content (AvgIpc) is 2.77. The predicted octanol–water partition coefficient (Wildman–Crippen LogP) is 3.38. The number of ether oxygens (including phenoxy) is 4. The summed E-state index contributed by atoms with van der Waals surface area (Å²) in [6.07, 6.45) is 4.47. The number of carboxylic acid groups (broad SMARTS) is 1. The highest BCUT2D eigenvalue weighted by Crippen LogP contribution is 2.58. The van der Waals surface area contributed by atoms with Crippen molar-refractivity contribution in [2.75, 3.05) is 33.0 Å². The van der Waals surface area contributed by atoms with Gasteiger partial charge < -0.3 is 24.1 Å². The molecule has 4 unspecified atom stereocenters. The second-order valence-corrected chi connectivity index (χ2v) is 10.4. The molecule has 4 atom stereocenters. The molecule has 2 aliphatic rings. The summed E-state index contributed by atoms with van der Waals surface area (Å²) in [5, 5.41) is 9.25. The summed E-state index contributed by atoms with van der Waals surface area (Å²) >= 11 is 0. The van der Waals surface area contributed by atoms with E-state index in [-0.39, 0.29) is 56.8 Å². The Kier molecular flexibility index (Phi) is 10.3. The molecule has 0 radical (unpaired) electrons. The monoisotopic (exact) mass is 484 g/mol. The standard InChI is InChI=1S/C25H40O9/c1-17-9-11-25(17,24(2,3)4)23(30)34-16-15-32-20(26)10-12-31-13-14-33-22(29)19-8-6-5-7-18(19)21(27)28/h17-19H,5-16H2,1-4H3,(H,27,28). The molecule has 1 N–H and O–H groups in total. The van der Waals surface area contributed by atoms with Gasteiger partial charge in [0.15, 0.2) is 0 Å². The highest BCUT2D eigenvalue weighted by Gasteiger charge is 2.58. The molecular formula is C25H40O9. The van der Waals surface area contributed by atoms with E-state index in [1.54, 1.807) is 0 Å². The Labute approximate surface area is 201 Å². The van der Waals surface area contributed by atoms with Gasteiger partial charge in [-0.25, -0.2) is 0 Å². The third-order valence-corrected chi connectivity index (χ3v) is 7.40. The zero-order valence-corrected chi connectivity index (χ0v) is 20.9. The Morgan fingerprint density at radius 2 is 1.47 bits per heavy atom. The van der Waals surface area contributed by atoms with Crippen LogP contribution in [0.5, 0.6) is 0 Å². The molecule has 0 amide bonds. The van der Waals surface area contributed by atoms with E-state index in [1.165, 1.54) is 0 Å². The molecule has 0 bridgehead atoms. The molecular weight excluding hydrogens is 444 g/mol. The van der Waals surface area contributed by atoms with Crippen LogP contribution in [-0.2, 0) is 38.1 Å². The molecule has 0 aromatic carbocycles. The Morgan fingerprint density at radius 1 is 0.853 bits per heavy atom. The van der Waals surface area contributed by atoms with Gasteiger partial charge in [0.1, 0.15) is 19.8 Å². The van der Waals surface area contributed by atoms with E-state index in [9.17, 15) is 24.3 Å². The lowest BCUT2D eigenvalue weighted by Crippen LogP contribution is -2.55. The van der Waals surface area contributed by atoms with E-state index < -0.39 is 35.2 Å². The van der Waals surface area contributed by atoms with E-state index in [0.29, 0.717) is 12.8 Å². The predicted molar refractivity (Wildman–Crippen MR) is 122 cm³/mol. The fourth-order valence-corrected chi connectivity index (χ4v) is 5.21. The van der Waals surface area contributed by atoms with Gasteiger partial charge in [-0.05, 0) is 37.0 Å². The van der Waals surface area contributed by atoms with Crippen molar-refractivity contribution in [2.45, 2.75) is 72.6 Å². The summed E-state index contributed by atoms with van der Waals surface area (Å²) in [5.74, 6) is -3.20. The molecule has 2 rings (SSSR count). The van der Waals surface area contributed by atoms with Gasteiger partial charge in [0.05, 0.1) is 36.9 Å². The third-order valence-electron chi connectivity index (χ3n) is 7.40. The van der Waals surface area contributed by atoms with Crippen molar-refractivity contribution in [3.05, 3.63) is 0 Å². The number of carbonyl (C=O) groups excluding carboxylic acids is 3. The molecule has 9 heteroatoms. The van der Waals surface area contributed by atoms with Crippen molar-refractivity contribution in [2.24, 2.45) is 28.6 Å². The van der Waals surface area contributed by atoms with Crippen LogP contribution in [0.3, 0.4) is 0 Å². The highest BCUT2D eigenvalue weighted by atomic mass is 16.6. The van der Waals surface area contributed by atoms with Crippen LogP contribution < -0.4 is 0 Å². The molecule has 34 heavy (non-hydrogen) atoms. The minimum atomic E-state index is -0.961. The highest BCUT2D eigenvalue weighted by molar-refractivity contribution is 5.81. The van der Waals surface area contributed by atoms with Gasteiger partial charge in [-0.15, -0.1) is 0 Å². The Morgan fingerprint density at radius 3 is 2.03 bits per heavy atom. The van der Waals surface area contributed by atoms with Gasteiger partial charge in [0.2, 0.25) is 0 Å².